The Morgan fingerprint density at radius 2 is 2.00 bits per heavy atom. The number of hydrogen-bond acceptors (Lipinski definition) is 3. The molecule has 1 saturated carbocycles. The van der Waals surface area contributed by atoms with Gasteiger partial charge in [-0.15, -0.1) is 0 Å². The minimum atomic E-state index is -1.04. The maximum atomic E-state index is 12.2. The standard InChI is InChI=1S/C14H23NO4/c1-13(2,3)19-12(18)15-8-4-7-14(15,11(16)17)9-10-5-6-10/h10H,4-9H2,1-3H3,(H,16,17). The van der Waals surface area contributed by atoms with Gasteiger partial charge >= 0.3 is 12.1 Å². The number of rotatable bonds is 3. The van der Waals surface area contributed by atoms with Gasteiger partial charge in [0.1, 0.15) is 11.1 Å². The summed E-state index contributed by atoms with van der Waals surface area (Å²) >= 11 is 0. The zero-order valence-corrected chi connectivity index (χ0v) is 11.9. The molecular formula is C14H23NO4. The lowest BCUT2D eigenvalue weighted by atomic mass is 9.89. The van der Waals surface area contributed by atoms with Crippen LogP contribution in [0.3, 0.4) is 0 Å². The van der Waals surface area contributed by atoms with Gasteiger partial charge in [0.2, 0.25) is 0 Å². The summed E-state index contributed by atoms with van der Waals surface area (Å²) in [4.78, 5) is 25.4. The van der Waals surface area contributed by atoms with Crippen LogP contribution in [-0.4, -0.2) is 39.8 Å². The molecule has 5 nitrogen and oxygen atoms in total. The number of aliphatic carboxylic acids is 1. The molecule has 0 aromatic rings. The van der Waals surface area contributed by atoms with Gasteiger partial charge < -0.3 is 9.84 Å². The molecule has 0 aromatic carbocycles. The van der Waals surface area contributed by atoms with Gasteiger partial charge in [-0.25, -0.2) is 9.59 Å². The van der Waals surface area contributed by atoms with Crippen molar-refractivity contribution < 1.29 is 19.4 Å². The van der Waals surface area contributed by atoms with E-state index >= 15 is 0 Å². The topological polar surface area (TPSA) is 66.8 Å². The van der Waals surface area contributed by atoms with Crippen molar-refractivity contribution in [1.29, 1.82) is 0 Å². The molecule has 0 aromatic heterocycles. The molecule has 19 heavy (non-hydrogen) atoms. The van der Waals surface area contributed by atoms with Crippen LogP contribution in [0, 0.1) is 5.92 Å². The van der Waals surface area contributed by atoms with Crippen LogP contribution in [-0.2, 0) is 9.53 Å². The number of carboxylic acid groups (broad SMARTS) is 1. The SMILES string of the molecule is CC(C)(C)OC(=O)N1CCCC1(CC1CC1)C(=O)O. The van der Waals surface area contributed by atoms with E-state index in [2.05, 4.69) is 0 Å². The number of carbonyl (C=O) groups is 2. The molecule has 1 heterocycles. The second kappa shape index (κ2) is 4.69. The van der Waals surface area contributed by atoms with Crippen molar-refractivity contribution in [3.8, 4) is 0 Å². The summed E-state index contributed by atoms with van der Waals surface area (Å²) in [6, 6.07) is 0. The fourth-order valence-electron chi connectivity index (χ4n) is 2.78. The van der Waals surface area contributed by atoms with Crippen molar-refractivity contribution in [2.24, 2.45) is 5.92 Å². The largest absolute Gasteiger partial charge is 0.479 e. The third-order valence-electron chi connectivity index (χ3n) is 3.82. The van der Waals surface area contributed by atoms with Crippen LogP contribution in [0.1, 0.15) is 52.9 Å². The number of nitrogens with zero attached hydrogens (tertiary/aromatic N) is 1. The molecule has 1 amide bonds. The summed E-state index contributed by atoms with van der Waals surface area (Å²) in [5, 5.41) is 9.61. The molecule has 2 rings (SSSR count). The average molecular weight is 269 g/mol. The Hall–Kier alpha value is -1.26. The molecule has 2 fully saturated rings. The van der Waals surface area contributed by atoms with Crippen LogP contribution in [0.2, 0.25) is 0 Å². The van der Waals surface area contributed by atoms with E-state index in [1.807, 2.05) is 0 Å². The summed E-state index contributed by atoms with van der Waals surface area (Å²) in [6.45, 7) is 5.87. The molecular weight excluding hydrogens is 246 g/mol. The minimum absolute atomic E-state index is 0.458. The highest BCUT2D eigenvalue weighted by Gasteiger charge is 2.53. The van der Waals surface area contributed by atoms with E-state index in [1.165, 1.54) is 4.90 Å². The Kier molecular flexibility index (Phi) is 3.49. The van der Waals surface area contributed by atoms with E-state index in [1.54, 1.807) is 20.8 Å². The van der Waals surface area contributed by atoms with E-state index in [0.29, 0.717) is 25.3 Å². The first kappa shape index (κ1) is 14.2. The van der Waals surface area contributed by atoms with Crippen LogP contribution < -0.4 is 0 Å². The van der Waals surface area contributed by atoms with Gasteiger partial charge in [0.05, 0.1) is 0 Å². The zero-order chi connectivity index (χ0) is 14.3. The summed E-state index contributed by atoms with van der Waals surface area (Å²) in [5.41, 5.74) is -1.63. The normalized spacial score (nSPS) is 27.4. The molecule has 1 aliphatic carbocycles. The molecule has 0 bridgehead atoms. The van der Waals surface area contributed by atoms with E-state index in [-0.39, 0.29) is 0 Å². The first-order valence-corrected chi connectivity index (χ1v) is 6.99. The van der Waals surface area contributed by atoms with E-state index in [9.17, 15) is 14.7 Å². The van der Waals surface area contributed by atoms with Crippen molar-refractivity contribution in [2.45, 2.75) is 64.0 Å². The van der Waals surface area contributed by atoms with Gasteiger partial charge in [0.25, 0.3) is 0 Å². The third-order valence-corrected chi connectivity index (χ3v) is 3.82. The van der Waals surface area contributed by atoms with E-state index in [4.69, 9.17) is 4.74 Å². The number of likely N-dealkylation sites (tertiary alicyclic amines) is 1. The monoisotopic (exact) mass is 269 g/mol. The summed E-state index contributed by atoms with van der Waals surface area (Å²) in [7, 11) is 0. The van der Waals surface area contributed by atoms with Crippen LogP contribution >= 0.6 is 0 Å². The molecule has 2 aliphatic rings. The molecule has 1 unspecified atom stereocenters. The van der Waals surface area contributed by atoms with Crippen molar-refractivity contribution in [2.75, 3.05) is 6.54 Å². The molecule has 1 aliphatic heterocycles. The molecule has 5 heteroatoms. The number of carboxylic acids is 1. The van der Waals surface area contributed by atoms with Gasteiger partial charge in [0, 0.05) is 6.54 Å². The quantitative estimate of drug-likeness (QED) is 0.855. The first-order chi connectivity index (χ1) is 8.74. The zero-order valence-electron chi connectivity index (χ0n) is 11.9. The van der Waals surface area contributed by atoms with Crippen molar-refractivity contribution in [3.63, 3.8) is 0 Å². The molecule has 0 spiro atoms. The number of carbonyl (C=O) groups excluding carboxylic acids is 1. The van der Waals surface area contributed by atoms with Gasteiger partial charge in [0.15, 0.2) is 0 Å². The predicted molar refractivity (Wildman–Crippen MR) is 69.9 cm³/mol. The minimum Gasteiger partial charge on any atom is -0.479 e. The summed E-state index contributed by atoms with van der Waals surface area (Å²) < 4.78 is 5.35. The van der Waals surface area contributed by atoms with E-state index in [0.717, 1.165) is 19.3 Å². The Balaban J connectivity index is 2.16. The Labute approximate surface area is 113 Å². The van der Waals surface area contributed by atoms with Crippen LogP contribution in [0.15, 0.2) is 0 Å². The lowest BCUT2D eigenvalue weighted by Crippen LogP contribution is -2.54. The lowest BCUT2D eigenvalue weighted by Gasteiger charge is -2.36. The van der Waals surface area contributed by atoms with Crippen LogP contribution in [0.5, 0.6) is 0 Å². The number of ether oxygens (including phenoxy) is 1. The Bertz CT molecular complexity index is 383. The number of hydrogen-bond donors (Lipinski definition) is 1. The van der Waals surface area contributed by atoms with Crippen molar-refractivity contribution >= 4 is 12.1 Å². The maximum Gasteiger partial charge on any atom is 0.411 e. The van der Waals surface area contributed by atoms with Gasteiger partial charge in [-0.2, -0.15) is 0 Å². The highest BCUT2D eigenvalue weighted by Crippen LogP contribution is 2.44. The highest BCUT2D eigenvalue weighted by molar-refractivity contribution is 5.85. The Morgan fingerprint density at radius 3 is 2.47 bits per heavy atom. The smallest absolute Gasteiger partial charge is 0.411 e. The van der Waals surface area contributed by atoms with Crippen LogP contribution in [0.4, 0.5) is 4.79 Å². The van der Waals surface area contributed by atoms with Crippen molar-refractivity contribution in [3.05, 3.63) is 0 Å². The first-order valence-electron chi connectivity index (χ1n) is 6.99. The fraction of sp³-hybridized carbons (Fsp3) is 0.857. The maximum absolute atomic E-state index is 12.2. The molecule has 1 saturated heterocycles. The van der Waals surface area contributed by atoms with Gasteiger partial charge in [-0.05, 0) is 46.0 Å². The summed E-state index contributed by atoms with van der Waals surface area (Å²) in [6.07, 6.45) is 3.51. The molecule has 108 valence electrons. The fourth-order valence-corrected chi connectivity index (χ4v) is 2.78. The third kappa shape index (κ3) is 3.01. The number of amides is 1. The van der Waals surface area contributed by atoms with E-state index < -0.39 is 23.2 Å². The second-order valence-corrected chi connectivity index (χ2v) is 6.72. The van der Waals surface area contributed by atoms with Crippen LogP contribution in [0.25, 0.3) is 0 Å². The molecule has 1 N–H and O–H groups in total. The van der Waals surface area contributed by atoms with Gasteiger partial charge in [-0.1, -0.05) is 12.8 Å². The Morgan fingerprint density at radius 1 is 1.37 bits per heavy atom. The molecule has 0 radical (unpaired) electrons. The molecule has 1 atom stereocenters. The lowest BCUT2D eigenvalue weighted by molar-refractivity contribution is -0.150. The van der Waals surface area contributed by atoms with Gasteiger partial charge in [-0.3, -0.25) is 4.90 Å². The summed E-state index contributed by atoms with van der Waals surface area (Å²) in [5.74, 6) is -0.429. The predicted octanol–water partition coefficient (Wildman–Crippen LogP) is 2.64. The second-order valence-electron chi connectivity index (χ2n) is 6.72. The van der Waals surface area contributed by atoms with Crippen molar-refractivity contribution in [1.82, 2.24) is 4.90 Å². The average Bonchev–Trinajstić information content (AvgIpc) is 2.92. The highest BCUT2D eigenvalue weighted by atomic mass is 16.6.